The average Bonchev–Trinajstić information content (AvgIpc) is 2.61. The minimum atomic E-state index is -0.988. The number of benzene rings is 2. The lowest BCUT2D eigenvalue weighted by molar-refractivity contribution is -0.124. The number of urea groups is 1. The van der Waals surface area contributed by atoms with E-state index < -0.39 is 18.0 Å². The van der Waals surface area contributed by atoms with Gasteiger partial charge in [0.15, 0.2) is 6.61 Å². The first-order valence-corrected chi connectivity index (χ1v) is 7.95. The van der Waals surface area contributed by atoms with E-state index in [9.17, 15) is 14.8 Å². The van der Waals surface area contributed by atoms with Gasteiger partial charge in [-0.15, -0.1) is 0 Å². The first kappa shape index (κ1) is 19.1. The van der Waals surface area contributed by atoms with Crippen molar-refractivity contribution in [3.63, 3.8) is 0 Å². The number of carbonyl (C=O) groups is 2. The smallest absolute Gasteiger partial charge is 0.338 e. The highest BCUT2D eigenvalue weighted by atomic mass is 16.5. The van der Waals surface area contributed by atoms with Gasteiger partial charge in [0.1, 0.15) is 17.2 Å². The Bertz CT molecular complexity index is 739. The summed E-state index contributed by atoms with van der Waals surface area (Å²) in [6, 6.07) is 14.7. The normalized spacial score (nSPS) is 11.3. The third-order valence-electron chi connectivity index (χ3n) is 3.26. The monoisotopic (exact) mass is 359 g/mol. The summed E-state index contributed by atoms with van der Waals surface area (Å²) >= 11 is 0. The molecule has 0 saturated heterocycles. The van der Waals surface area contributed by atoms with E-state index in [1.807, 2.05) is 30.3 Å². The third-order valence-corrected chi connectivity index (χ3v) is 3.26. The van der Waals surface area contributed by atoms with Crippen molar-refractivity contribution >= 4 is 11.9 Å². The van der Waals surface area contributed by atoms with Crippen molar-refractivity contribution < 1.29 is 24.3 Å². The summed E-state index contributed by atoms with van der Waals surface area (Å²) in [5.74, 6) is 1.35. The molecule has 0 aliphatic carbocycles. The third kappa shape index (κ3) is 6.33. The molecule has 8 nitrogen and oxygen atoms in total. The maximum Gasteiger partial charge on any atom is 0.338 e. The van der Waals surface area contributed by atoms with Crippen LogP contribution in [0, 0.1) is 0 Å². The Labute approximate surface area is 151 Å². The van der Waals surface area contributed by atoms with Gasteiger partial charge in [0.2, 0.25) is 0 Å². The number of ether oxygens (including phenoxy) is 2. The number of nitrogens with zero attached hydrogens (tertiary/aromatic N) is 1. The van der Waals surface area contributed by atoms with E-state index in [0.717, 1.165) is 0 Å². The van der Waals surface area contributed by atoms with Crippen LogP contribution in [0.5, 0.6) is 17.2 Å². The van der Waals surface area contributed by atoms with Gasteiger partial charge in [-0.3, -0.25) is 10.0 Å². The minimum Gasteiger partial charge on any atom is -0.484 e. The van der Waals surface area contributed by atoms with E-state index >= 15 is 0 Å². The lowest BCUT2D eigenvalue weighted by Crippen LogP contribution is -2.45. The summed E-state index contributed by atoms with van der Waals surface area (Å²) in [6.07, 6.45) is 0. The number of hydroxylamine groups is 2. The standard InChI is InChI=1S/C18H21N3O5/c1-13(11-21(24)18(19)23)20-17(22)12-25-15-8-5-9-16(10-15)26-14-6-3-2-4-7-14/h2-10,13,24H,11-12H2,1H3,(H2,19,23)(H,20,22)/t13-/m0/s1. The number of primary amides is 1. The van der Waals surface area contributed by atoms with Crippen molar-refractivity contribution in [3.05, 3.63) is 54.6 Å². The van der Waals surface area contributed by atoms with Crippen molar-refractivity contribution in [1.29, 1.82) is 0 Å². The molecule has 0 unspecified atom stereocenters. The molecule has 4 N–H and O–H groups in total. The highest BCUT2D eigenvalue weighted by molar-refractivity contribution is 5.78. The zero-order valence-electron chi connectivity index (χ0n) is 14.3. The van der Waals surface area contributed by atoms with Gasteiger partial charge in [-0.05, 0) is 31.2 Å². The second-order valence-corrected chi connectivity index (χ2v) is 5.57. The van der Waals surface area contributed by atoms with E-state index in [2.05, 4.69) is 5.32 Å². The molecule has 8 heteroatoms. The van der Waals surface area contributed by atoms with Gasteiger partial charge in [-0.25, -0.2) is 9.86 Å². The fraction of sp³-hybridized carbons (Fsp3) is 0.222. The molecule has 0 aromatic heterocycles. The molecule has 138 valence electrons. The van der Waals surface area contributed by atoms with Crippen LogP contribution in [0.4, 0.5) is 4.79 Å². The van der Waals surface area contributed by atoms with Crippen LogP contribution in [0.25, 0.3) is 0 Å². The molecule has 0 heterocycles. The zero-order valence-corrected chi connectivity index (χ0v) is 14.3. The molecule has 0 aliphatic rings. The van der Waals surface area contributed by atoms with E-state index in [1.54, 1.807) is 31.2 Å². The number of carbonyl (C=O) groups excluding carboxylic acids is 2. The van der Waals surface area contributed by atoms with Crippen molar-refractivity contribution in [2.75, 3.05) is 13.2 Å². The Morgan fingerprint density at radius 1 is 1.12 bits per heavy atom. The molecule has 3 amide bonds. The molecule has 0 radical (unpaired) electrons. The molecule has 0 saturated carbocycles. The lowest BCUT2D eigenvalue weighted by Gasteiger charge is -2.19. The Morgan fingerprint density at radius 3 is 2.46 bits per heavy atom. The number of rotatable bonds is 8. The van der Waals surface area contributed by atoms with Crippen LogP contribution >= 0.6 is 0 Å². The van der Waals surface area contributed by atoms with Crippen LogP contribution in [0.3, 0.4) is 0 Å². The van der Waals surface area contributed by atoms with Crippen LogP contribution in [0.15, 0.2) is 54.6 Å². The van der Waals surface area contributed by atoms with Gasteiger partial charge in [0, 0.05) is 12.1 Å². The van der Waals surface area contributed by atoms with Crippen LogP contribution in [0.2, 0.25) is 0 Å². The molecular formula is C18H21N3O5. The summed E-state index contributed by atoms with van der Waals surface area (Å²) < 4.78 is 11.1. The maximum atomic E-state index is 11.9. The van der Waals surface area contributed by atoms with Crippen LogP contribution in [-0.2, 0) is 4.79 Å². The van der Waals surface area contributed by atoms with Gasteiger partial charge in [0.05, 0.1) is 6.54 Å². The SMILES string of the molecule is C[C@@H](CN(O)C(N)=O)NC(=O)COc1cccc(Oc2ccccc2)c1. The molecule has 26 heavy (non-hydrogen) atoms. The number of nitrogens with one attached hydrogen (secondary N) is 1. The van der Waals surface area contributed by atoms with E-state index in [4.69, 9.17) is 15.2 Å². The number of nitrogens with two attached hydrogens (primary N) is 1. The maximum absolute atomic E-state index is 11.9. The van der Waals surface area contributed by atoms with Crippen molar-refractivity contribution in [2.24, 2.45) is 5.73 Å². The topological polar surface area (TPSA) is 114 Å². The van der Waals surface area contributed by atoms with E-state index in [-0.39, 0.29) is 13.2 Å². The number of hydrogen-bond donors (Lipinski definition) is 3. The summed E-state index contributed by atoms with van der Waals surface area (Å²) in [7, 11) is 0. The summed E-state index contributed by atoms with van der Waals surface area (Å²) in [4.78, 5) is 22.6. The van der Waals surface area contributed by atoms with E-state index in [1.165, 1.54) is 0 Å². The molecular weight excluding hydrogens is 338 g/mol. The molecule has 0 aliphatic heterocycles. The Kier molecular flexibility index (Phi) is 6.81. The summed E-state index contributed by atoms with van der Waals surface area (Å²) in [5, 5.41) is 12.1. The molecule has 0 spiro atoms. The predicted octanol–water partition coefficient (Wildman–Crippen LogP) is 2.13. The van der Waals surface area contributed by atoms with Gasteiger partial charge in [0.25, 0.3) is 5.91 Å². The molecule has 0 bridgehead atoms. The Balaban J connectivity index is 1.82. The van der Waals surface area contributed by atoms with Crippen LogP contribution in [-0.4, -0.2) is 41.4 Å². The summed E-state index contributed by atoms with van der Waals surface area (Å²) in [6.45, 7) is 1.28. The second-order valence-electron chi connectivity index (χ2n) is 5.57. The van der Waals surface area contributed by atoms with Gasteiger partial charge >= 0.3 is 6.03 Å². The zero-order chi connectivity index (χ0) is 18.9. The number of amides is 3. The fourth-order valence-electron chi connectivity index (χ4n) is 2.11. The van der Waals surface area contributed by atoms with Gasteiger partial charge in [-0.1, -0.05) is 24.3 Å². The molecule has 2 aromatic rings. The molecule has 0 fully saturated rings. The Hall–Kier alpha value is -3.26. The lowest BCUT2D eigenvalue weighted by atomic mass is 10.3. The van der Waals surface area contributed by atoms with Crippen molar-refractivity contribution in [1.82, 2.24) is 10.4 Å². The predicted molar refractivity (Wildman–Crippen MR) is 94.1 cm³/mol. The van der Waals surface area contributed by atoms with Gasteiger partial charge < -0.3 is 20.5 Å². The molecule has 2 rings (SSSR count). The van der Waals surface area contributed by atoms with E-state index in [0.29, 0.717) is 22.3 Å². The molecule has 1 atom stereocenters. The minimum absolute atomic E-state index is 0.124. The fourth-order valence-corrected chi connectivity index (χ4v) is 2.11. The number of hydrogen-bond acceptors (Lipinski definition) is 5. The summed E-state index contributed by atoms with van der Waals surface area (Å²) in [5.41, 5.74) is 4.91. The van der Waals surface area contributed by atoms with Crippen molar-refractivity contribution in [3.8, 4) is 17.2 Å². The first-order chi connectivity index (χ1) is 12.4. The highest BCUT2D eigenvalue weighted by Gasteiger charge is 2.14. The first-order valence-electron chi connectivity index (χ1n) is 7.95. The highest BCUT2D eigenvalue weighted by Crippen LogP contribution is 2.24. The molecule has 2 aromatic carbocycles. The van der Waals surface area contributed by atoms with Gasteiger partial charge in [-0.2, -0.15) is 0 Å². The second kappa shape index (κ2) is 9.28. The van der Waals surface area contributed by atoms with Crippen LogP contribution in [0.1, 0.15) is 6.92 Å². The quantitative estimate of drug-likeness (QED) is 0.493. The van der Waals surface area contributed by atoms with Crippen molar-refractivity contribution in [2.45, 2.75) is 13.0 Å². The average molecular weight is 359 g/mol. The number of para-hydroxylation sites is 1. The largest absolute Gasteiger partial charge is 0.484 e. The Morgan fingerprint density at radius 2 is 1.77 bits per heavy atom. The van der Waals surface area contributed by atoms with Crippen LogP contribution < -0.4 is 20.5 Å².